The first-order valence-electron chi connectivity index (χ1n) is 6.04. The summed E-state index contributed by atoms with van der Waals surface area (Å²) in [5, 5.41) is 3.64. The molecule has 82 valence electrons. The number of rotatable bonds is 2. The summed E-state index contributed by atoms with van der Waals surface area (Å²) >= 11 is 0. The Kier molecular flexibility index (Phi) is 3.42. The lowest BCUT2D eigenvalue weighted by atomic mass is 9.88. The van der Waals surface area contributed by atoms with Crippen molar-refractivity contribution in [1.82, 2.24) is 5.32 Å². The van der Waals surface area contributed by atoms with Gasteiger partial charge in [0.2, 0.25) is 0 Å². The molecule has 2 unspecified atom stereocenters. The first-order chi connectivity index (χ1) is 7.25. The van der Waals surface area contributed by atoms with Crippen LogP contribution < -0.4 is 5.32 Å². The van der Waals surface area contributed by atoms with Crippen molar-refractivity contribution in [2.75, 3.05) is 6.54 Å². The lowest BCUT2D eigenvalue weighted by Gasteiger charge is -2.30. The third-order valence-electron chi connectivity index (χ3n) is 3.47. The highest BCUT2D eigenvalue weighted by molar-refractivity contribution is 5.23. The summed E-state index contributed by atoms with van der Waals surface area (Å²) in [5.74, 6) is 0.819. The zero-order valence-corrected chi connectivity index (χ0v) is 9.79. The minimum absolute atomic E-state index is 0.681. The Bertz CT molecular complexity index is 319. The van der Waals surface area contributed by atoms with Gasteiger partial charge in [0, 0.05) is 6.04 Å². The normalized spacial score (nSPS) is 26.5. The summed E-state index contributed by atoms with van der Waals surface area (Å²) in [7, 11) is 0. The largest absolute Gasteiger partial charge is 0.313 e. The van der Waals surface area contributed by atoms with Crippen LogP contribution in [0.2, 0.25) is 0 Å². The Morgan fingerprint density at radius 2 is 2.27 bits per heavy atom. The smallest absolute Gasteiger partial charge is 0.0133 e. The summed E-state index contributed by atoms with van der Waals surface area (Å²) in [5.41, 5.74) is 2.84. The lowest BCUT2D eigenvalue weighted by Crippen LogP contribution is -2.41. The molecule has 0 saturated carbocycles. The van der Waals surface area contributed by atoms with Crippen molar-refractivity contribution in [3.8, 4) is 0 Å². The van der Waals surface area contributed by atoms with Gasteiger partial charge >= 0.3 is 0 Å². The predicted octanol–water partition coefficient (Wildman–Crippen LogP) is 2.93. The maximum atomic E-state index is 3.64. The second-order valence-corrected chi connectivity index (χ2v) is 4.87. The third-order valence-corrected chi connectivity index (χ3v) is 3.47. The standard InChI is InChI=1S/C14H21N/c1-11-5-3-7-13(9-11)10-14-12(2)6-4-8-15-14/h3,5,7,9,12,14-15H,4,6,8,10H2,1-2H3. The number of hydrogen-bond donors (Lipinski definition) is 1. The van der Waals surface area contributed by atoms with E-state index in [-0.39, 0.29) is 0 Å². The fourth-order valence-corrected chi connectivity index (χ4v) is 2.48. The first kappa shape index (κ1) is 10.7. The van der Waals surface area contributed by atoms with Gasteiger partial charge in [-0.25, -0.2) is 0 Å². The second-order valence-electron chi connectivity index (χ2n) is 4.87. The fraction of sp³-hybridized carbons (Fsp3) is 0.571. The number of piperidine rings is 1. The molecule has 1 aliphatic rings. The van der Waals surface area contributed by atoms with E-state index in [1.807, 2.05) is 0 Å². The SMILES string of the molecule is Cc1cccc(CC2NCCCC2C)c1. The van der Waals surface area contributed by atoms with Crippen LogP contribution in [-0.4, -0.2) is 12.6 Å². The quantitative estimate of drug-likeness (QED) is 0.779. The van der Waals surface area contributed by atoms with Crippen LogP contribution in [0.5, 0.6) is 0 Å². The zero-order valence-electron chi connectivity index (χ0n) is 9.79. The predicted molar refractivity (Wildman–Crippen MR) is 65.1 cm³/mol. The molecule has 2 atom stereocenters. The van der Waals surface area contributed by atoms with E-state index in [4.69, 9.17) is 0 Å². The highest BCUT2D eigenvalue weighted by Gasteiger charge is 2.20. The van der Waals surface area contributed by atoms with Crippen molar-refractivity contribution in [2.24, 2.45) is 5.92 Å². The summed E-state index contributed by atoms with van der Waals surface area (Å²) < 4.78 is 0. The van der Waals surface area contributed by atoms with E-state index in [1.165, 1.54) is 36.9 Å². The van der Waals surface area contributed by atoms with Crippen LogP contribution in [0.25, 0.3) is 0 Å². The lowest BCUT2D eigenvalue weighted by molar-refractivity contribution is 0.298. The molecule has 1 saturated heterocycles. The monoisotopic (exact) mass is 203 g/mol. The first-order valence-corrected chi connectivity index (χ1v) is 6.04. The van der Waals surface area contributed by atoms with Gasteiger partial charge in [0.15, 0.2) is 0 Å². The number of hydrogen-bond acceptors (Lipinski definition) is 1. The third kappa shape index (κ3) is 2.82. The minimum atomic E-state index is 0.681. The van der Waals surface area contributed by atoms with E-state index >= 15 is 0 Å². The highest BCUT2D eigenvalue weighted by Crippen LogP contribution is 2.19. The summed E-state index contributed by atoms with van der Waals surface area (Å²) in [6.45, 7) is 5.73. The van der Waals surface area contributed by atoms with Crippen molar-refractivity contribution >= 4 is 0 Å². The van der Waals surface area contributed by atoms with Gasteiger partial charge in [-0.2, -0.15) is 0 Å². The molecule has 15 heavy (non-hydrogen) atoms. The van der Waals surface area contributed by atoms with E-state index in [0.29, 0.717) is 6.04 Å². The fourth-order valence-electron chi connectivity index (χ4n) is 2.48. The average molecular weight is 203 g/mol. The molecule has 0 radical (unpaired) electrons. The average Bonchev–Trinajstić information content (AvgIpc) is 2.22. The Labute approximate surface area is 92.9 Å². The molecule has 1 aliphatic heterocycles. The molecule has 1 N–H and O–H groups in total. The second kappa shape index (κ2) is 4.80. The van der Waals surface area contributed by atoms with Gasteiger partial charge in [-0.05, 0) is 44.2 Å². The van der Waals surface area contributed by atoms with Gasteiger partial charge in [0.05, 0.1) is 0 Å². The van der Waals surface area contributed by atoms with Crippen LogP contribution in [0, 0.1) is 12.8 Å². The molecule has 1 nitrogen and oxygen atoms in total. The van der Waals surface area contributed by atoms with Gasteiger partial charge < -0.3 is 5.32 Å². The number of benzene rings is 1. The molecule has 2 rings (SSSR count). The molecule has 1 aromatic rings. The van der Waals surface area contributed by atoms with Crippen molar-refractivity contribution < 1.29 is 0 Å². The maximum Gasteiger partial charge on any atom is 0.0133 e. The highest BCUT2D eigenvalue weighted by atomic mass is 14.9. The van der Waals surface area contributed by atoms with E-state index in [9.17, 15) is 0 Å². The Balaban J connectivity index is 2.01. The molecule has 0 bridgehead atoms. The summed E-state index contributed by atoms with van der Waals surface area (Å²) in [6.07, 6.45) is 3.90. The van der Waals surface area contributed by atoms with Crippen LogP contribution in [0.3, 0.4) is 0 Å². The van der Waals surface area contributed by atoms with Crippen molar-refractivity contribution in [2.45, 2.75) is 39.2 Å². The van der Waals surface area contributed by atoms with Crippen LogP contribution in [0.1, 0.15) is 30.9 Å². The van der Waals surface area contributed by atoms with Crippen LogP contribution in [-0.2, 0) is 6.42 Å². The van der Waals surface area contributed by atoms with Crippen molar-refractivity contribution in [3.05, 3.63) is 35.4 Å². The van der Waals surface area contributed by atoms with Gasteiger partial charge in [0.25, 0.3) is 0 Å². The van der Waals surface area contributed by atoms with E-state index < -0.39 is 0 Å². The zero-order chi connectivity index (χ0) is 10.7. The van der Waals surface area contributed by atoms with Gasteiger partial charge in [-0.3, -0.25) is 0 Å². The van der Waals surface area contributed by atoms with Crippen molar-refractivity contribution in [1.29, 1.82) is 0 Å². The van der Waals surface area contributed by atoms with Crippen LogP contribution in [0.15, 0.2) is 24.3 Å². The molecule has 0 aliphatic carbocycles. The molecule has 1 aromatic carbocycles. The summed E-state index contributed by atoms with van der Waals surface area (Å²) in [6, 6.07) is 9.57. The molecule has 0 spiro atoms. The Morgan fingerprint density at radius 3 is 3.00 bits per heavy atom. The van der Waals surface area contributed by atoms with Crippen molar-refractivity contribution in [3.63, 3.8) is 0 Å². The van der Waals surface area contributed by atoms with Crippen LogP contribution in [0.4, 0.5) is 0 Å². The van der Waals surface area contributed by atoms with E-state index in [1.54, 1.807) is 0 Å². The van der Waals surface area contributed by atoms with Crippen LogP contribution >= 0.6 is 0 Å². The van der Waals surface area contributed by atoms with Gasteiger partial charge in [-0.15, -0.1) is 0 Å². The maximum absolute atomic E-state index is 3.64. The molecule has 0 amide bonds. The number of nitrogens with one attached hydrogen (secondary N) is 1. The topological polar surface area (TPSA) is 12.0 Å². The number of aryl methyl sites for hydroxylation is 1. The molecular formula is C14H21N. The Hall–Kier alpha value is -0.820. The molecule has 1 fully saturated rings. The molecule has 1 heteroatoms. The summed E-state index contributed by atoms with van der Waals surface area (Å²) in [4.78, 5) is 0. The molecule has 0 aromatic heterocycles. The van der Waals surface area contributed by atoms with Gasteiger partial charge in [0.1, 0.15) is 0 Å². The molecule has 1 heterocycles. The van der Waals surface area contributed by atoms with Gasteiger partial charge in [-0.1, -0.05) is 36.8 Å². The van der Waals surface area contributed by atoms with E-state index in [2.05, 4.69) is 43.4 Å². The van der Waals surface area contributed by atoms with E-state index in [0.717, 1.165) is 5.92 Å². The molecular weight excluding hydrogens is 182 g/mol. The minimum Gasteiger partial charge on any atom is -0.313 e. The Morgan fingerprint density at radius 1 is 1.40 bits per heavy atom.